The van der Waals surface area contributed by atoms with Crippen LogP contribution in [0.1, 0.15) is 13.8 Å². The van der Waals surface area contributed by atoms with Crippen molar-refractivity contribution in [2.24, 2.45) is 0 Å². The van der Waals surface area contributed by atoms with E-state index in [9.17, 15) is 14.4 Å². The zero-order chi connectivity index (χ0) is 18.9. The first-order chi connectivity index (χ1) is 12.4. The molecule has 2 amide bonds. The SMILES string of the molecule is CC(C)NC(=O)CNC(=O)COC(=O)COc1ccc2ccccc2c1. The van der Waals surface area contributed by atoms with Crippen molar-refractivity contribution >= 4 is 28.6 Å². The molecule has 7 heteroatoms. The highest BCUT2D eigenvalue weighted by Gasteiger charge is 2.10. The highest BCUT2D eigenvalue weighted by molar-refractivity contribution is 5.86. The predicted molar refractivity (Wildman–Crippen MR) is 96.7 cm³/mol. The fraction of sp³-hybridized carbons (Fsp3) is 0.316. The van der Waals surface area contributed by atoms with Crippen molar-refractivity contribution in [1.82, 2.24) is 10.6 Å². The summed E-state index contributed by atoms with van der Waals surface area (Å²) in [5, 5.41) is 7.07. The second-order valence-electron chi connectivity index (χ2n) is 5.96. The van der Waals surface area contributed by atoms with E-state index in [-0.39, 0.29) is 25.1 Å². The van der Waals surface area contributed by atoms with E-state index >= 15 is 0 Å². The van der Waals surface area contributed by atoms with Crippen LogP contribution in [0.2, 0.25) is 0 Å². The number of ether oxygens (including phenoxy) is 2. The van der Waals surface area contributed by atoms with Crippen LogP contribution in [0, 0.1) is 0 Å². The Balaban J connectivity index is 1.69. The van der Waals surface area contributed by atoms with Gasteiger partial charge >= 0.3 is 5.97 Å². The summed E-state index contributed by atoms with van der Waals surface area (Å²) < 4.78 is 10.2. The standard InChI is InChI=1S/C19H22N2O5/c1-13(2)21-17(22)10-20-18(23)11-26-19(24)12-25-16-8-7-14-5-3-4-6-15(14)9-16/h3-9,13H,10-12H2,1-2H3,(H,20,23)(H,21,22). The first-order valence-corrected chi connectivity index (χ1v) is 8.27. The van der Waals surface area contributed by atoms with Gasteiger partial charge in [0.2, 0.25) is 5.91 Å². The van der Waals surface area contributed by atoms with Crippen LogP contribution in [-0.2, 0) is 19.1 Å². The Labute approximate surface area is 151 Å². The topological polar surface area (TPSA) is 93.7 Å². The number of amides is 2. The van der Waals surface area contributed by atoms with Gasteiger partial charge in [-0.2, -0.15) is 0 Å². The lowest BCUT2D eigenvalue weighted by Gasteiger charge is -2.10. The Morgan fingerprint density at radius 3 is 2.42 bits per heavy atom. The van der Waals surface area contributed by atoms with Gasteiger partial charge in [0.15, 0.2) is 13.2 Å². The fourth-order valence-corrected chi connectivity index (χ4v) is 2.19. The number of esters is 1. The second kappa shape index (κ2) is 9.41. The van der Waals surface area contributed by atoms with E-state index in [2.05, 4.69) is 10.6 Å². The van der Waals surface area contributed by atoms with Gasteiger partial charge in [0, 0.05) is 6.04 Å². The van der Waals surface area contributed by atoms with Crippen LogP contribution < -0.4 is 15.4 Å². The molecule has 26 heavy (non-hydrogen) atoms. The van der Waals surface area contributed by atoms with E-state index < -0.39 is 18.5 Å². The molecule has 2 aromatic rings. The minimum atomic E-state index is -0.667. The molecule has 0 aliphatic heterocycles. The first kappa shape index (κ1) is 19.2. The minimum absolute atomic E-state index is 0.00974. The molecule has 0 aliphatic rings. The fourth-order valence-electron chi connectivity index (χ4n) is 2.19. The van der Waals surface area contributed by atoms with E-state index in [1.807, 2.05) is 50.2 Å². The Morgan fingerprint density at radius 2 is 1.69 bits per heavy atom. The van der Waals surface area contributed by atoms with Crippen LogP contribution in [0.3, 0.4) is 0 Å². The maximum atomic E-state index is 11.7. The summed E-state index contributed by atoms with van der Waals surface area (Å²) in [5.74, 6) is -0.988. The first-order valence-electron chi connectivity index (χ1n) is 8.27. The van der Waals surface area contributed by atoms with Crippen LogP contribution in [0.5, 0.6) is 5.75 Å². The quantitative estimate of drug-likeness (QED) is 0.696. The molecule has 0 aromatic heterocycles. The predicted octanol–water partition coefficient (Wildman–Crippen LogP) is 1.40. The van der Waals surface area contributed by atoms with Crippen LogP contribution in [-0.4, -0.2) is 43.6 Å². The third kappa shape index (κ3) is 6.43. The average molecular weight is 358 g/mol. The third-order valence-corrected chi connectivity index (χ3v) is 3.34. The summed E-state index contributed by atoms with van der Waals surface area (Å²) in [4.78, 5) is 34.6. The van der Waals surface area contributed by atoms with Crippen molar-refractivity contribution < 1.29 is 23.9 Å². The Bertz CT molecular complexity index is 788. The van der Waals surface area contributed by atoms with Gasteiger partial charge in [0.1, 0.15) is 5.75 Å². The largest absolute Gasteiger partial charge is 0.482 e. The second-order valence-corrected chi connectivity index (χ2v) is 5.96. The van der Waals surface area contributed by atoms with Gasteiger partial charge in [-0.15, -0.1) is 0 Å². The summed E-state index contributed by atoms with van der Waals surface area (Å²) in [6.45, 7) is 2.70. The summed E-state index contributed by atoms with van der Waals surface area (Å²) in [7, 11) is 0. The van der Waals surface area contributed by atoms with Crippen LogP contribution in [0.15, 0.2) is 42.5 Å². The molecule has 2 aromatic carbocycles. The van der Waals surface area contributed by atoms with Gasteiger partial charge in [-0.3, -0.25) is 9.59 Å². The normalized spacial score (nSPS) is 10.4. The third-order valence-electron chi connectivity index (χ3n) is 3.34. The molecule has 138 valence electrons. The number of fused-ring (bicyclic) bond motifs is 1. The van der Waals surface area contributed by atoms with Gasteiger partial charge in [0.05, 0.1) is 6.54 Å². The number of rotatable bonds is 8. The van der Waals surface area contributed by atoms with Crippen molar-refractivity contribution in [2.45, 2.75) is 19.9 Å². The van der Waals surface area contributed by atoms with Crippen molar-refractivity contribution in [3.8, 4) is 5.75 Å². The average Bonchev–Trinajstić information content (AvgIpc) is 2.62. The molecule has 0 aliphatic carbocycles. The monoisotopic (exact) mass is 358 g/mol. The number of carbonyl (C=O) groups excluding carboxylic acids is 3. The molecule has 0 unspecified atom stereocenters. The van der Waals surface area contributed by atoms with Crippen LogP contribution >= 0.6 is 0 Å². The number of hydrogen-bond donors (Lipinski definition) is 2. The number of carbonyl (C=O) groups is 3. The summed E-state index contributed by atoms with van der Waals surface area (Å²) in [5.41, 5.74) is 0. The highest BCUT2D eigenvalue weighted by atomic mass is 16.6. The molecule has 2 rings (SSSR count). The molecule has 0 saturated heterocycles. The summed E-state index contributed by atoms with van der Waals surface area (Å²) in [6, 6.07) is 13.3. The molecule has 2 N–H and O–H groups in total. The summed E-state index contributed by atoms with van der Waals surface area (Å²) >= 11 is 0. The van der Waals surface area contributed by atoms with Crippen molar-refractivity contribution in [2.75, 3.05) is 19.8 Å². The molecule has 0 heterocycles. The van der Waals surface area contributed by atoms with Gasteiger partial charge in [-0.05, 0) is 36.8 Å². The van der Waals surface area contributed by atoms with Gasteiger partial charge in [0.25, 0.3) is 5.91 Å². The van der Waals surface area contributed by atoms with E-state index in [1.165, 1.54) is 0 Å². The number of hydrogen-bond acceptors (Lipinski definition) is 5. The van der Waals surface area contributed by atoms with E-state index in [4.69, 9.17) is 9.47 Å². The molecule has 0 fully saturated rings. The molecular formula is C19H22N2O5. The zero-order valence-corrected chi connectivity index (χ0v) is 14.8. The Kier molecular flexibility index (Phi) is 6.96. The van der Waals surface area contributed by atoms with Crippen LogP contribution in [0.25, 0.3) is 10.8 Å². The maximum absolute atomic E-state index is 11.7. The lowest BCUT2D eigenvalue weighted by atomic mass is 10.1. The Morgan fingerprint density at radius 1 is 0.962 bits per heavy atom. The molecule has 0 radical (unpaired) electrons. The lowest BCUT2D eigenvalue weighted by Crippen LogP contribution is -2.41. The van der Waals surface area contributed by atoms with E-state index in [0.29, 0.717) is 5.75 Å². The zero-order valence-electron chi connectivity index (χ0n) is 14.8. The van der Waals surface area contributed by atoms with Crippen molar-refractivity contribution in [3.63, 3.8) is 0 Å². The molecule has 0 saturated carbocycles. The smallest absolute Gasteiger partial charge is 0.344 e. The van der Waals surface area contributed by atoms with Crippen LogP contribution in [0.4, 0.5) is 0 Å². The van der Waals surface area contributed by atoms with Gasteiger partial charge in [-0.25, -0.2) is 4.79 Å². The molecule has 0 bridgehead atoms. The minimum Gasteiger partial charge on any atom is -0.482 e. The van der Waals surface area contributed by atoms with Crippen molar-refractivity contribution in [1.29, 1.82) is 0 Å². The molecule has 0 atom stereocenters. The molecule has 7 nitrogen and oxygen atoms in total. The van der Waals surface area contributed by atoms with E-state index in [0.717, 1.165) is 10.8 Å². The number of nitrogens with one attached hydrogen (secondary N) is 2. The maximum Gasteiger partial charge on any atom is 0.344 e. The van der Waals surface area contributed by atoms with Crippen molar-refractivity contribution in [3.05, 3.63) is 42.5 Å². The van der Waals surface area contributed by atoms with E-state index in [1.54, 1.807) is 6.07 Å². The Hall–Kier alpha value is -3.09. The number of benzene rings is 2. The van der Waals surface area contributed by atoms with Gasteiger partial charge in [-0.1, -0.05) is 30.3 Å². The molecular weight excluding hydrogens is 336 g/mol. The molecule has 0 spiro atoms. The highest BCUT2D eigenvalue weighted by Crippen LogP contribution is 2.20. The lowest BCUT2D eigenvalue weighted by molar-refractivity contribution is -0.150. The summed E-state index contributed by atoms with van der Waals surface area (Å²) in [6.07, 6.45) is 0. The van der Waals surface area contributed by atoms with Gasteiger partial charge < -0.3 is 20.1 Å².